The molecule has 0 atom stereocenters. The maximum atomic E-state index is 12.7. The van der Waals surface area contributed by atoms with Gasteiger partial charge in [-0.25, -0.2) is 0 Å². The molecule has 1 amide bonds. The van der Waals surface area contributed by atoms with Crippen LogP contribution in [0.2, 0.25) is 0 Å². The van der Waals surface area contributed by atoms with Crippen molar-refractivity contribution in [2.45, 2.75) is 13.3 Å². The first-order valence-electron chi connectivity index (χ1n) is 11.9. The summed E-state index contributed by atoms with van der Waals surface area (Å²) in [4.78, 5) is 15.1. The zero-order valence-electron chi connectivity index (χ0n) is 19.5. The third-order valence-corrected chi connectivity index (χ3v) is 6.55. The van der Waals surface area contributed by atoms with Crippen LogP contribution in [0.4, 0.5) is 5.69 Å². The van der Waals surface area contributed by atoms with Crippen molar-refractivity contribution < 1.29 is 14.3 Å². The second-order valence-corrected chi connectivity index (χ2v) is 8.90. The topological polar surface area (TPSA) is 50.8 Å². The normalized spacial score (nSPS) is 16.0. The first-order chi connectivity index (χ1) is 16.7. The van der Waals surface area contributed by atoms with Crippen LogP contribution in [0.1, 0.15) is 18.1 Å². The number of ether oxygens (including phenoxy) is 2. The molecule has 2 aliphatic rings. The van der Waals surface area contributed by atoms with E-state index in [1.807, 2.05) is 48.5 Å². The molecule has 5 heteroatoms. The van der Waals surface area contributed by atoms with Crippen LogP contribution >= 0.6 is 0 Å². The highest BCUT2D eigenvalue weighted by Crippen LogP contribution is 2.35. The fraction of sp³-hybridized carbons (Fsp3) is 0.276. The minimum Gasteiger partial charge on any atom is -0.488 e. The van der Waals surface area contributed by atoms with Gasteiger partial charge in [0, 0.05) is 37.0 Å². The smallest absolute Gasteiger partial charge is 0.228 e. The van der Waals surface area contributed by atoms with Crippen LogP contribution in [0.25, 0.3) is 16.7 Å². The highest BCUT2D eigenvalue weighted by Gasteiger charge is 2.21. The van der Waals surface area contributed by atoms with Crippen LogP contribution in [0.15, 0.2) is 78.4 Å². The summed E-state index contributed by atoms with van der Waals surface area (Å²) in [5, 5.41) is 3.02. The second kappa shape index (κ2) is 10.2. The van der Waals surface area contributed by atoms with Gasteiger partial charge in [0.1, 0.15) is 12.4 Å². The molecule has 0 unspecified atom stereocenters. The maximum Gasteiger partial charge on any atom is 0.228 e. The van der Waals surface area contributed by atoms with E-state index in [-0.39, 0.29) is 5.91 Å². The van der Waals surface area contributed by atoms with Crippen LogP contribution in [0, 0.1) is 0 Å². The average Bonchev–Trinajstić information content (AvgIpc) is 2.87. The Hall–Kier alpha value is -3.41. The lowest BCUT2D eigenvalue weighted by Gasteiger charge is -2.30. The summed E-state index contributed by atoms with van der Waals surface area (Å²) in [5.41, 5.74) is 7.74. The summed E-state index contributed by atoms with van der Waals surface area (Å²) in [7, 11) is 0. The van der Waals surface area contributed by atoms with Gasteiger partial charge in [-0.2, -0.15) is 0 Å². The summed E-state index contributed by atoms with van der Waals surface area (Å²) >= 11 is 0. The van der Waals surface area contributed by atoms with Crippen molar-refractivity contribution in [1.29, 1.82) is 0 Å². The van der Waals surface area contributed by atoms with E-state index in [9.17, 15) is 4.79 Å². The quantitative estimate of drug-likeness (QED) is 0.567. The fourth-order valence-electron chi connectivity index (χ4n) is 4.52. The molecule has 1 saturated heterocycles. The van der Waals surface area contributed by atoms with Crippen molar-refractivity contribution in [2.24, 2.45) is 0 Å². The molecular weight excluding hydrogens is 424 g/mol. The average molecular weight is 455 g/mol. The third kappa shape index (κ3) is 5.22. The summed E-state index contributed by atoms with van der Waals surface area (Å²) in [6.45, 7) is 7.17. The van der Waals surface area contributed by atoms with E-state index in [1.54, 1.807) is 0 Å². The number of rotatable bonds is 6. The van der Waals surface area contributed by atoms with Gasteiger partial charge in [-0.05, 0) is 46.9 Å². The van der Waals surface area contributed by atoms with E-state index in [0.29, 0.717) is 13.0 Å². The van der Waals surface area contributed by atoms with Crippen molar-refractivity contribution in [2.75, 3.05) is 44.8 Å². The number of amides is 1. The molecule has 5 nitrogen and oxygen atoms in total. The molecule has 3 aromatic carbocycles. The molecule has 34 heavy (non-hydrogen) atoms. The van der Waals surface area contributed by atoms with Crippen molar-refractivity contribution in [1.82, 2.24) is 4.90 Å². The summed E-state index contributed by atoms with van der Waals surface area (Å²) in [5.74, 6) is 0.789. The van der Waals surface area contributed by atoms with E-state index in [0.717, 1.165) is 61.0 Å². The highest BCUT2D eigenvalue weighted by molar-refractivity contribution is 5.93. The predicted octanol–water partition coefficient (Wildman–Crippen LogP) is 5.03. The fourth-order valence-corrected chi connectivity index (χ4v) is 4.52. The molecule has 3 aromatic rings. The van der Waals surface area contributed by atoms with Crippen LogP contribution in [-0.2, 0) is 16.0 Å². The summed E-state index contributed by atoms with van der Waals surface area (Å²) in [6, 6.07) is 24.3. The number of nitrogens with one attached hydrogen (secondary N) is 1. The minimum absolute atomic E-state index is 0.0384. The molecule has 0 radical (unpaired) electrons. The predicted molar refractivity (Wildman–Crippen MR) is 136 cm³/mol. The molecule has 5 rings (SSSR count). The number of benzene rings is 3. The van der Waals surface area contributed by atoms with E-state index in [4.69, 9.17) is 9.47 Å². The molecule has 0 aromatic heterocycles. The molecule has 0 aliphatic carbocycles. The molecule has 2 aliphatic heterocycles. The Morgan fingerprint density at radius 3 is 2.44 bits per heavy atom. The zero-order valence-corrected chi connectivity index (χ0v) is 19.5. The van der Waals surface area contributed by atoms with Crippen molar-refractivity contribution in [3.8, 4) is 16.9 Å². The van der Waals surface area contributed by atoms with E-state index in [1.165, 1.54) is 16.7 Å². The summed E-state index contributed by atoms with van der Waals surface area (Å²) in [6.07, 6.45) is 0.329. The van der Waals surface area contributed by atoms with Crippen LogP contribution < -0.4 is 10.1 Å². The third-order valence-electron chi connectivity index (χ3n) is 6.55. The molecular formula is C29H30N2O3. The number of hydrogen-bond acceptors (Lipinski definition) is 4. The number of allylic oxidation sites excluding steroid dienone is 1. The van der Waals surface area contributed by atoms with E-state index >= 15 is 0 Å². The van der Waals surface area contributed by atoms with Gasteiger partial charge in [-0.15, -0.1) is 0 Å². The Kier molecular flexibility index (Phi) is 6.74. The summed E-state index contributed by atoms with van der Waals surface area (Å²) < 4.78 is 11.5. The first-order valence-corrected chi connectivity index (χ1v) is 11.9. The van der Waals surface area contributed by atoms with Gasteiger partial charge in [0.05, 0.1) is 19.6 Å². The molecule has 0 saturated carbocycles. The Bertz CT molecular complexity index is 1180. The Morgan fingerprint density at radius 2 is 1.68 bits per heavy atom. The standard InChI is InChI=1S/C29H30N2O3/c1-21-25(19-31-13-15-33-16-14-31)20-34-28-18-26(11-12-27(21)28)30-29(32)17-22-7-9-24(10-8-22)23-5-3-2-4-6-23/h2-12,18H,13-17,19-20H2,1H3,(H,30,32). The number of fused-ring (bicyclic) bond motifs is 1. The van der Waals surface area contributed by atoms with Gasteiger partial charge in [-0.3, -0.25) is 9.69 Å². The Labute approximate surface area is 201 Å². The molecule has 2 heterocycles. The van der Waals surface area contributed by atoms with Gasteiger partial charge >= 0.3 is 0 Å². The molecule has 0 bridgehead atoms. The molecule has 1 N–H and O–H groups in total. The number of nitrogens with zero attached hydrogens (tertiary/aromatic N) is 1. The van der Waals surface area contributed by atoms with Crippen LogP contribution in [-0.4, -0.2) is 50.3 Å². The van der Waals surface area contributed by atoms with E-state index in [2.05, 4.69) is 41.4 Å². The Morgan fingerprint density at radius 1 is 0.941 bits per heavy atom. The number of morpholine rings is 1. The van der Waals surface area contributed by atoms with Crippen molar-refractivity contribution >= 4 is 17.2 Å². The number of anilines is 1. The maximum absolute atomic E-state index is 12.7. The highest BCUT2D eigenvalue weighted by atomic mass is 16.5. The molecule has 0 spiro atoms. The van der Waals surface area contributed by atoms with Gasteiger partial charge in [0.25, 0.3) is 0 Å². The second-order valence-electron chi connectivity index (χ2n) is 8.90. The van der Waals surface area contributed by atoms with Crippen molar-refractivity contribution in [3.05, 3.63) is 89.5 Å². The lowest BCUT2D eigenvalue weighted by molar-refractivity contribution is -0.115. The minimum atomic E-state index is -0.0384. The number of hydrogen-bond donors (Lipinski definition) is 1. The van der Waals surface area contributed by atoms with E-state index < -0.39 is 0 Å². The number of carbonyl (C=O) groups excluding carboxylic acids is 1. The van der Waals surface area contributed by atoms with Crippen LogP contribution in [0.3, 0.4) is 0 Å². The first kappa shape index (κ1) is 22.4. The molecule has 1 fully saturated rings. The van der Waals surface area contributed by atoms with Crippen molar-refractivity contribution in [3.63, 3.8) is 0 Å². The number of carbonyl (C=O) groups is 1. The Balaban J connectivity index is 1.21. The van der Waals surface area contributed by atoms with Gasteiger partial charge in [0.15, 0.2) is 0 Å². The molecule has 174 valence electrons. The van der Waals surface area contributed by atoms with Gasteiger partial charge in [-0.1, -0.05) is 54.6 Å². The lowest BCUT2D eigenvalue weighted by Crippen LogP contribution is -2.38. The van der Waals surface area contributed by atoms with Crippen LogP contribution in [0.5, 0.6) is 5.75 Å². The van der Waals surface area contributed by atoms with Gasteiger partial charge < -0.3 is 14.8 Å². The zero-order chi connectivity index (χ0) is 23.3. The lowest BCUT2D eigenvalue weighted by atomic mass is 9.97. The monoisotopic (exact) mass is 454 g/mol. The largest absolute Gasteiger partial charge is 0.488 e. The van der Waals surface area contributed by atoms with Gasteiger partial charge in [0.2, 0.25) is 5.91 Å². The SMILES string of the molecule is CC1=C(CN2CCOCC2)COc2cc(NC(=O)Cc3ccc(-c4ccccc4)cc3)ccc21.